The van der Waals surface area contributed by atoms with Crippen LogP contribution < -0.4 is 5.73 Å². The quantitative estimate of drug-likeness (QED) is 0.773. The summed E-state index contributed by atoms with van der Waals surface area (Å²) >= 11 is 0. The number of nitrogens with two attached hydrogens (primary N) is 1. The van der Waals surface area contributed by atoms with Crippen LogP contribution in [-0.4, -0.2) is 9.55 Å². The highest BCUT2D eigenvalue weighted by Gasteiger charge is 2.15. The Balaban J connectivity index is 2.15. The van der Waals surface area contributed by atoms with Gasteiger partial charge in [0.15, 0.2) is 5.82 Å². The van der Waals surface area contributed by atoms with E-state index in [0.29, 0.717) is 11.3 Å². The zero-order valence-electron chi connectivity index (χ0n) is 10.2. The van der Waals surface area contributed by atoms with Gasteiger partial charge in [-0.3, -0.25) is 0 Å². The number of benzene rings is 1. The fourth-order valence-corrected chi connectivity index (χ4v) is 2.06. The van der Waals surface area contributed by atoms with Gasteiger partial charge in [0.2, 0.25) is 5.95 Å². The zero-order valence-corrected chi connectivity index (χ0v) is 10.2. The molecule has 0 radical (unpaired) electrons. The van der Waals surface area contributed by atoms with Gasteiger partial charge in [0.05, 0.1) is 12.1 Å². The number of aryl methyl sites for hydroxylation is 1. The summed E-state index contributed by atoms with van der Waals surface area (Å²) in [4.78, 5) is 3.91. The molecule has 19 heavy (non-hydrogen) atoms. The number of fused-ring (bicyclic) bond motifs is 1. The average molecular weight is 263 g/mol. The molecule has 3 aromatic rings. The second-order valence-electron chi connectivity index (χ2n) is 4.32. The van der Waals surface area contributed by atoms with Crippen LogP contribution in [-0.2, 0) is 6.54 Å². The van der Waals surface area contributed by atoms with E-state index in [1.54, 1.807) is 6.07 Å². The van der Waals surface area contributed by atoms with Gasteiger partial charge in [0.1, 0.15) is 22.9 Å². The lowest BCUT2D eigenvalue weighted by Gasteiger charge is -2.04. The fourth-order valence-electron chi connectivity index (χ4n) is 2.06. The second kappa shape index (κ2) is 4.08. The van der Waals surface area contributed by atoms with Crippen molar-refractivity contribution in [1.29, 1.82) is 0 Å². The van der Waals surface area contributed by atoms with Crippen molar-refractivity contribution in [3.05, 3.63) is 47.4 Å². The van der Waals surface area contributed by atoms with Crippen LogP contribution in [0, 0.1) is 18.6 Å². The van der Waals surface area contributed by atoms with Gasteiger partial charge >= 0.3 is 0 Å². The lowest BCUT2D eigenvalue weighted by atomic mass is 10.3. The maximum absolute atomic E-state index is 13.6. The minimum Gasteiger partial charge on any atom is -0.464 e. The van der Waals surface area contributed by atoms with Gasteiger partial charge in [-0.2, -0.15) is 0 Å². The second-order valence-corrected chi connectivity index (χ2v) is 4.32. The van der Waals surface area contributed by atoms with Gasteiger partial charge in [-0.05, 0) is 19.1 Å². The molecule has 2 N–H and O–H groups in total. The van der Waals surface area contributed by atoms with Crippen molar-refractivity contribution in [3.8, 4) is 0 Å². The average Bonchev–Trinajstić information content (AvgIpc) is 2.87. The third-order valence-electron chi connectivity index (χ3n) is 2.91. The van der Waals surface area contributed by atoms with Gasteiger partial charge in [-0.15, -0.1) is 0 Å². The highest BCUT2D eigenvalue weighted by atomic mass is 19.1. The molecule has 3 rings (SSSR count). The summed E-state index contributed by atoms with van der Waals surface area (Å²) < 4.78 is 33.8. The van der Waals surface area contributed by atoms with E-state index < -0.39 is 11.6 Å². The van der Waals surface area contributed by atoms with Gasteiger partial charge in [0, 0.05) is 12.1 Å². The summed E-state index contributed by atoms with van der Waals surface area (Å²) in [7, 11) is 0. The van der Waals surface area contributed by atoms with Crippen LogP contribution in [0.25, 0.3) is 11.0 Å². The third kappa shape index (κ3) is 1.95. The largest absolute Gasteiger partial charge is 0.464 e. The maximum Gasteiger partial charge on any atom is 0.201 e. The maximum atomic E-state index is 13.6. The first-order valence-electron chi connectivity index (χ1n) is 5.70. The van der Waals surface area contributed by atoms with Crippen molar-refractivity contribution < 1.29 is 13.2 Å². The third-order valence-corrected chi connectivity index (χ3v) is 2.91. The van der Waals surface area contributed by atoms with Crippen LogP contribution >= 0.6 is 0 Å². The summed E-state index contributed by atoms with van der Waals surface area (Å²) in [5.74, 6) is 0.134. The van der Waals surface area contributed by atoms with Gasteiger partial charge in [0.25, 0.3) is 0 Å². The molecule has 0 aliphatic rings. The molecule has 6 heteroatoms. The number of nitrogen functional groups attached to an aromatic ring is 1. The topological polar surface area (TPSA) is 57.0 Å². The fraction of sp³-hybridized carbons (Fsp3) is 0.154. The van der Waals surface area contributed by atoms with E-state index >= 15 is 0 Å². The molecule has 0 unspecified atom stereocenters. The van der Waals surface area contributed by atoms with Crippen LogP contribution in [0.5, 0.6) is 0 Å². The van der Waals surface area contributed by atoms with Crippen molar-refractivity contribution in [1.82, 2.24) is 9.55 Å². The number of furan rings is 1. The van der Waals surface area contributed by atoms with Crippen LogP contribution in [0.2, 0.25) is 0 Å². The first kappa shape index (κ1) is 11.7. The van der Waals surface area contributed by atoms with Crippen molar-refractivity contribution in [3.63, 3.8) is 0 Å². The molecule has 0 atom stereocenters. The number of hydrogen-bond acceptors (Lipinski definition) is 3. The molecule has 2 heterocycles. The normalized spacial score (nSPS) is 11.3. The lowest BCUT2D eigenvalue weighted by molar-refractivity contribution is 0.473. The van der Waals surface area contributed by atoms with Crippen molar-refractivity contribution in [2.75, 3.05) is 5.73 Å². The highest BCUT2D eigenvalue weighted by Crippen LogP contribution is 2.23. The molecule has 0 saturated carbocycles. The highest BCUT2D eigenvalue weighted by molar-refractivity contribution is 5.79. The Morgan fingerprint density at radius 3 is 2.79 bits per heavy atom. The Bertz CT molecular complexity index is 761. The van der Waals surface area contributed by atoms with Crippen LogP contribution in [0.3, 0.4) is 0 Å². The molecule has 1 aromatic carbocycles. The molecule has 98 valence electrons. The molecule has 4 nitrogen and oxygen atoms in total. The Hall–Kier alpha value is -2.37. The zero-order chi connectivity index (χ0) is 13.6. The molecular weight excluding hydrogens is 252 g/mol. The minimum absolute atomic E-state index is 0.0576. The number of imidazole rings is 1. The number of anilines is 1. The number of halogens is 2. The van der Waals surface area contributed by atoms with E-state index in [0.717, 1.165) is 11.8 Å². The standard InChI is InChI=1S/C13H11F2N3O/c1-7-2-3-9(19-7)6-18-11-5-8(14)4-10(15)12(11)17-13(18)16/h2-5H,6H2,1H3,(H2,16,17). The van der Waals surface area contributed by atoms with Crippen LogP contribution in [0.15, 0.2) is 28.7 Å². The van der Waals surface area contributed by atoms with Crippen molar-refractivity contribution in [2.24, 2.45) is 0 Å². The number of nitrogens with zero attached hydrogens (tertiary/aromatic N) is 2. The SMILES string of the molecule is Cc1ccc(Cn2c(N)nc3c(F)cc(F)cc32)o1. The van der Waals surface area contributed by atoms with E-state index in [2.05, 4.69) is 4.98 Å². The molecule has 0 aliphatic carbocycles. The number of rotatable bonds is 2. The number of aromatic nitrogens is 2. The van der Waals surface area contributed by atoms with E-state index in [9.17, 15) is 8.78 Å². The smallest absolute Gasteiger partial charge is 0.201 e. The van der Waals surface area contributed by atoms with E-state index in [4.69, 9.17) is 10.2 Å². The predicted octanol–water partition coefficient (Wildman–Crippen LogP) is 2.85. The summed E-state index contributed by atoms with van der Waals surface area (Å²) in [6.45, 7) is 2.09. The summed E-state index contributed by atoms with van der Waals surface area (Å²) in [6, 6.07) is 5.59. The summed E-state index contributed by atoms with van der Waals surface area (Å²) in [5.41, 5.74) is 6.11. The van der Waals surface area contributed by atoms with E-state index in [1.165, 1.54) is 10.6 Å². The van der Waals surface area contributed by atoms with Crippen molar-refractivity contribution >= 4 is 17.0 Å². The summed E-state index contributed by atoms with van der Waals surface area (Å²) in [6.07, 6.45) is 0. The predicted molar refractivity (Wildman–Crippen MR) is 66.6 cm³/mol. The Morgan fingerprint density at radius 1 is 1.32 bits per heavy atom. The van der Waals surface area contributed by atoms with Gasteiger partial charge < -0.3 is 14.7 Å². The van der Waals surface area contributed by atoms with Gasteiger partial charge in [-0.25, -0.2) is 13.8 Å². The molecule has 0 amide bonds. The van der Waals surface area contributed by atoms with Gasteiger partial charge in [-0.1, -0.05) is 0 Å². The first-order valence-corrected chi connectivity index (χ1v) is 5.70. The van der Waals surface area contributed by atoms with Crippen molar-refractivity contribution in [2.45, 2.75) is 13.5 Å². The van der Waals surface area contributed by atoms with Crippen LogP contribution in [0.4, 0.5) is 14.7 Å². The Labute approximate surface area is 107 Å². The Kier molecular flexibility index (Phi) is 2.51. The minimum atomic E-state index is -0.726. The monoisotopic (exact) mass is 263 g/mol. The first-order chi connectivity index (χ1) is 9.04. The molecule has 2 aromatic heterocycles. The molecular formula is C13H11F2N3O. The number of hydrogen-bond donors (Lipinski definition) is 1. The molecule has 0 fully saturated rings. The molecule has 0 aliphatic heterocycles. The van der Waals surface area contributed by atoms with E-state index in [1.807, 2.05) is 13.0 Å². The van der Waals surface area contributed by atoms with Crippen LogP contribution in [0.1, 0.15) is 11.5 Å². The molecule has 0 bridgehead atoms. The lowest BCUT2D eigenvalue weighted by Crippen LogP contribution is -2.04. The molecule has 0 saturated heterocycles. The molecule has 0 spiro atoms. The van der Waals surface area contributed by atoms with E-state index in [-0.39, 0.29) is 18.0 Å². The summed E-state index contributed by atoms with van der Waals surface area (Å²) in [5, 5.41) is 0. The Morgan fingerprint density at radius 2 is 2.11 bits per heavy atom.